The summed E-state index contributed by atoms with van der Waals surface area (Å²) in [5.74, 6) is 0. The molecule has 0 N–H and O–H groups in total. The lowest BCUT2D eigenvalue weighted by Gasteiger charge is -2.05. The summed E-state index contributed by atoms with van der Waals surface area (Å²) in [6.45, 7) is 0. The van der Waals surface area contributed by atoms with Crippen LogP contribution < -0.4 is 0 Å². The lowest BCUT2D eigenvalue weighted by Crippen LogP contribution is -1.80. The third kappa shape index (κ3) is 2.21. The van der Waals surface area contributed by atoms with Crippen molar-refractivity contribution in [3.8, 4) is 0 Å². The lowest BCUT2D eigenvalue weighted by molar-refractivity contribution is 0.669. The summed E-state index contributed by atoms with van der Waals surface area (Å²) in [7, 11) is 0. The van der Waals surface area contributed by atoms with E-state index in [9.17, 15) is 0 Å². The predicted octanol–water partition coefficient (Wildman–Crippen LogP) is 8.81. The maximum absolute atomic E-state index is 6.23. The van der Waals surface area contributed by atoms with Gasteiger partial charge in [-0.3, -0.25) is 0 Å². The first-order valence-corrected chi connectivity index (χ1v) is 8.19. The van der Waals surface area contributed by atoms with Crippen LogP contribution in [0.25, 0.3) is 21.9 Å². The second-order valence-electron chi connectivity index (χ2n) is 4.02. The second-order valence-corrected chi connectivity index (χ2v) is 7.05. The van der Waals surface area contributed by atoms with Crippen molar-refractivity contribution < 1.29 is 4.42 Å². The van der Waals surface area contributed by atoms with Gasteiger partial charge in [0.2, 0.25) is 0 Å². The highest BCUT2D eigenvalue weighted by atomic mass is 35.5. The topological polar surface area (TPSA) is 13.1 Å². The molecule has 0 radical (unpaired) electrons. The van der Waals surface area contributed by atoms with E-state index >= 15 is 0 Å². The molecule has 9 heteroatoms. The van der Waals surface area contributed by atoms with Crippen LogP contribution in [0.3, 0.4) is 0 Å². The van der Waals surface area contributed by atoms with Gasteiger partial charge in [-0.05, 0) is 0 Å². The second kappa shape index (κ2) is 5.58. The van der Waals surface area contributed by atoms with Crippen LogP contribution in [0.5, 0.6) is 0 Å². The highest BCUT2D eigenvalue weighted by Gasteiger charge is 2.26. The van der Waals surface area contributed by atoms with Gasteiger partial charge in [0.1, 0.15) is 10.0 Å². The van der Waals surface area contributed by atoms with Crippen LogP contribution in [0.1, 0.15) is 0 Å². The zero-order valence-corrected chi connectivity index (χ0v) is 15.5. The fourth-order valence-electron chi connectivity index (χ4n) is 1.96. The minimum absolute atomic E-state index is 0.0688. The molecule has 0 aliphatic rings. The van der Waals surface area contributed by atoms with Gasteiger partial charge < -0.3 is 4.42 Å². The Morgan fingerprint density at radius 1 is 0.381 bits per heavy atom. The summed E-state index contributed by atoms with van der Waals surface area (Å²) >= 11 is 48.9. The maximum atomic E-state index is 6.23. The molecule has 0 spiro atoms. The van der Waals surface area contributed by atoms with Gasteiger partial charge >= 0.3 is 0 Å². The Kier molecular flexibility index (Phi) is 4.36. The molecule has 21 heavy (non-hydrogen) atoms. The summed E-state index contributed by atoms with van der Waals surface area (Å²) in [6.07, 6.45) is 0. The van der Waals surface area contributed by atoms with Crippen molar-refractivity contribution in [2.24, 2.45) is 0 Å². The smallest absolute Gasteiger partial charge is 0.157 e. The number of hydrogen-bond donors (Lipinski definition) is 0. The minimum Gasteiger partial charge on any atom is -0.453 e. The number of hydrogen-bond acceptors (Lipinski definition) is 1. The summed E-state index contributed by atoms with van der Waals surface area (Å²) in [6, 6.07) is 0. The fourth-order valence-corrected chi connectivity index (χ4v) is 3.90. The highest BCUT2D eigenvalue weighted by molar-refractivity contribution is 6.59. The van der Waals surface area contributed by atoms with Gasteiger partial charge in [0.25, 0.3) is 0 Å². The number of fused-ring (bicyclic) bond motifs is 3. The molecule has 0 saturated heterocycles. The van der Waals surface area contributed by atoms with E-state index in [2.05, 4.69) is 0 Å². The van der Waals surface area contributed by atoms with Crippen LogP contribution in [0, 0.1) is 0 Å². The molecule has 3 aromatic rings. The van der Waals surface area contributed by atoms with Crippen LogP contribution in [0.4, 0.5) is 0 Å². The number of rotatable bonds is 0. The molecule has 0 fully saturated rings. The molecule has 0 saturated carbocycles. The molecule has 1 heterocycles. The van der Waals surface area contributed by atoms with Gasteiger partial charge in [0, 0.05) is 0 Å². The molecule has 0 aliphatic heterocycles. The Morgan fingerprint density at radius 3 is 1.00 bits per heavy atom. The predicted molar refractivity (Wildman–Crippen MR) is 93.8 cm³/mol. The first kappa shape index (κ1) is 16.4. The van der Waals surface area contributed by atoms with E-state index in [1.54, 1.807) is 0 Å². The van der Waals surface area contributed by atoms with E-state index in [4.69, 9.17) is 97.2 Å². The van der Waals surface area contributed by atoms with Crippen LogP contribution in [-0.4, -0.2) is 0 Å². The standard InChI is InChI=1S/C12Cl8O/c13-3-1-2-4(14)6(16)8(18)10(20)12(2)21-11(1)9(19)7(17)5(3)15. The van der Waals surface area contributed by atoms with Crippen LogP contribution in [0.2, 0.25) is 40.2 Å². The number of furan rings is 1. The lowest BCUT2D eigenvalue weighted by atomic mass is 10.1. The Bertz CT molecular complexity index is 853. The normalized spacial score (nSPS) is 11.8. The molecule has 110 valence electrons. The van der Waals surface area contributed by atoms with Crippen LogP contribution in [0.15, 0.2) is 4.42 Å². The maximum Gasteiger partial charge on any atom is 0.157 e. The fraction of sp³-hybridized carbons (Fsp3) is 0. The van der Waals surface area contributed by atoms with Crippen LogP contribution in [-0.2, 0) is 0 Å². The molecule has 0 unspecified atom stereocenters. The largest absolute Gasteiger partial charge is 0.453 e. The monoisotopic (exact) mass is 440 g/mol. The molecule has 2 aromatic carbocycles. The molecule has 0 amide bonds. The first-order valence-electron chi connectivity index (χ1n) is 5.17. The van der Waals surface area contributed by atoms with E-state index in [1.807, 2.05) is 0 Å². The van der Waals surface area contributed by atoms with Gasteiger partial charge in [0.05, 0.1) is 40.9 Å². The minimum atomic E-state index is 0.0688. The van der Waals surface area contributed by atoms with E-state index in [1.165, 1.54) is 0 Å². The van der Waals surface area contributed by atoms with E-state index in [-0.39, 0.29) is 51.3 Å². The number of benzene rings is 2. The molecule has 3 rings (SSSR count). The summed E-state index contributed by atoms with van der Waals surface area (Å²) in [4.78, 5) is 0. The molecular weight excluding hydrogens is 444 g/mol. The molecule has 0 atom stereocenters. The van der Waals surface area contributed by atoms with Gasteiger partial charge in [-0.15, -0.1) is 0 Å². The van der Waals surface area contributed by atoms with Crippen LogP contribution >= 0.6 is 92.8 Å². The molecule has 0 bridgehead atoms. The van der Waals surface area contributed by atoms with Crippen molar-refractivity contribution in [3.05, 3.63) is 40.2 Å². The van der Waals surface area contributed by atoms with Gasteiger partial charge in [-0.1, -0.05) is 92.8 Å². The average molecular weight is 444 g/mol. The van der Waals surface area contributed by atoms with Crippen molar-refractivity contribution in [1.29, 1.82) is 0 Å². The Labute approximate surface area is 158 Å². The summed E-state index contributed by atoms with van der Waals surface area (Å²) in [5, 5.41) is 1.50. The van der Waals surface area contributed by atoms with E-state index in [0.717, 1.165) is 0 Å². The third-order valence-electron chi connectivity index (χ3n) is 2.90. The number of halogens is 8. The summed E-state index contributed by atoms with van der Waals surface area (Å²) in [5.41, 5.74) is 0.404. The van der Waals surface area contributed by atoms with E-state index in [0.29, 0.717) is 10.8 Å². The average Bonchev–Trinajstić information content (AvgIpc) is 2.87. The highest BCUT2D eigenvalue weighted by Crippen LogP contribution is 2.52. The first-order chi connectivity index (χ1) is 9.77. The van der Waals surface area contributed by atoms with Crippen molar-refractivity contribution in [2.75, 3.05) is 0 Å². The third-order valence-corrected chi connectivity index (χ3v) is 6.47. The summed E-state index contributed by atoms with van der Waals surface area (Å²) < 4.78 is 5.63. The van der Waals surface area contributed by atoms with Crippen molar-refractivity contribution in [1.82, 2.24) is 0 Å². The van der Waals surface area contributed by atoms with E-state index < -0.39 is 0 Å². The Balaban J connectivity index is 2.73. The quantitative estimate of drug-likeness (QED) is 0.250. The molecule has 0 aliphatic carbocycles. The molecule has 1 nitrogen and oxygen atoms in total. The van der Waals surface area contributed by atoms with Gasteiger partial charge in [-0.2, -0.15) is 0 Å². The molecule has 1 aromatic heterocycles. The zero-order valence-electron chi connectivity index (χ0n) is 9.43. The van der Waals surface area contributed by atoms with Gasteiger partial charge in [0.15, 0.2) is 11.2 Å². The zero-order chi connectivity index (χ0) is 15.6. The molecular formula is C12Cl8O. The van der Waals surface area contributed by atoms with Crippen molar-refractivity contribution in [2.45, 2.75) is 0 Å². The SMILES string of the molecule is Clc1c(Cl)c(Cl)c2c(oc3c(Cl)c(Cl)c(Cl)c(Cl)c32)c1Cl. The van der Waals surface area contributed by atoms with Gasteiger partial charge in [-0.25, -0.2) is 0 Å². The van der Waals surface area contributed by atoms with Crippen molar-refractivity contribution in [3.63, 3.8) is 0 Å². The Morgan fingerprint density at radius 2 is 0.667 bits per heavy atom. The van der Waals surface area contributed by atoms with Crippen molar-refractivity contribution >= 4 is 115 Å². The Hall–Kier alpha value is 0.560.